The van der Waals surface area contributed by atoms with Crippen LogP contribution in [0.15, 0.2) is 84.8 Å². The van der Waals surface area contributed by atoms with Crippen LogP contribution in [-0.2, 0) is 22.7 Å². The first-order valence-electron chi connectivity index (χ1n) is 13.4. The second kappa shape index (κ2) is 16.1. The van der Waals surface area contributed by atoms with Crippen molar-refractivity contribution in [3.05, 3.63) is 101 Å². The third-order valence-electron chi connectivity index (χ3n) is 6.24. The van der Waals surface area contributed by atoms with Gasteiger partial charge in [-0.2, -0.15) is 0 Å². The first kappa shape index (κ1) is 30.4. The number of carbonyl (C=O) groups is 3. The van der Waals surface area contributed by atoms with Gasteiger partial charge in [-0.05, 0) is 41.1 Å². The van der Waals surface area contributed by atoms with E-state index in [0.717, 1.165) is 23.3 Å². The Balaban J connectivity index is 1.76. The van der Waals surface area contributed by atoms with Gasteiger partial charge in [0.2, 0.25) is 5.91 Å². The zero-order valence-electron chi connectivity index (χ0n) is 22.8. The molecular weight excluding hydrogens is 526 g/mol. The highest BCUT2D eigenvalue weighted by molar-refractivity contribution is 7.09. The molecule has 1 aromatic heterocycles. The molecule has 2 atom stereocenters. The molecule has 9 heteroatoms. The molecule has 0 aliphatic rings. The van der Waals surface area contributed by atoms with Gasteiger partial charge in [0.1, 0.15) is 18.4 Å². The zero-order valence-corrected chi connectivity index (χ0v) is 23.6. The first-order chi connectivity index (χ1) is 19.4. The van der Waals surface area contributed by atoms with Gasteiger partial charge in [-0.15, -0.1) is 11.3 Å². The summed E-state index contributed by atoms with van der Waals surface area (Å²) in [7, 11) is 0. The highest BCUT2D eigenvalue weighted by Crippen LogP contribution is 2.21. The quantitative estimate of drug-likeness (QED) is 0.188. The fraction of sp³-hybridized carbons (Fsp3) is 0.323. The standard InChI is InChI=1S/C31H37N3O5S/c1-3-5-13-27(30(37)34(22-26-12-9-19-40-26)21-23-10-7-6-8-11-23)32-31(38)33-28(20-29(35)36)24-14-16-25(17-15-24)39-18-4-2/h4,6-12,14-17,19,27-28H,2-3,5,13,18,20-22H2,1H3,(H,35,36)(H2,32,33,38)/t27-,28?/m0/s1. The molecule has 0 aliphatic heterocycles. The van der Waals surface area contributed by atoms with Crippen LogP contribution >= 0.6 is 11.3 Å². The van der Waals surface area contributed by atoms with Gasteiger partial charge >= 0.3 is 12.0 Å². The molecular formula is C31H37N3O5S. The van der Waals surface area contributed by atoms with Crippen molar-refractivity contribution in [1.29, 1.82) is 0 Å². The van der Waals surface area contributed by atoms with E-state index < -0.39 is 24.1 Å². The van der Waals surface area contributed by atoms with Gasteiger partial charge in [0.15, 0.2) is 0 Å². The molecule has 3 aromatic rings. The fourth-order valence-electron chi connectivity index (χ4n) is 4.23. The molecule has 1 heterocycles. The van der Waals surface area contributed by atoms with Crippen molar-refractivity contribution < 1.29 is 24.2 Å². The molecule has 212 valence electrons. The highest BCUT2D eigenvalue weighted by atomic mass is 32.1. The molecule has 3 amide bonds. The number of carboxylic acid groups (broad SMARTS) is 1. The minimum Gasteiger partial charge on any atom is -0.490 e. The van der Waals surface area contributed by atoms with E-state index in [1.54, 1.807) is 46.6 Å². The number of nitrogens with one attached hydrogen (secondary N) is 2. The number of urea groups is 1. The van der Waals surface area contributed by atoms with Crippen LogP contribution in [0.1, 0.15) is 54.7 Å². The normalized spacial score (nSPS) is 12.1. The van der Waals surface area contributed by atoms with E-state index in [1.165, 1.54) is 0 Å². The number of unbranched alkanes of at least 4 members (excludes halogenated alkanes) is 1. The van der Waals surface area contributed by atoms with Crippen LogP contribution in [0, 0.1) is 0 Å². The Labute approximate surface area is 239 Å². The maximum atomic E-state index is 13.8. The molecule has 0 spiro atoms. The second-order valence-corrected chi connectivity index (χ2v) is 10.4. The minimum atomic E-state index is -1.05. The van der Waals surface area contributed by atoms with Crippen molar-refractivity contribution in [1.82, 2.24) is 15.5 Å². The van der Waals surface area contributed by atoms with Gasteiger partial charge in [0, 0.05) is 11.4 Å². The lowest BCUT2D eigenvalue weighted by Crippen LogP contribution is -2.51. The summed E-state index contributed by atoms with van der Waals surface area (Å²) in [5, 5.41) is 17.1. The summed E-state index contributed by atoms with van der Waals surface area (Å²) in [5.74, 6) is -0.628. The van der Waals surface area contributed by atoms with Gasteiger partial charge in [0.05, 0.1) is 19.0 Å². The molecule has 0 saturated heterocycles. The van der Waals surface area contributed by atoms with Crippen molar-refractivity contribution in [2.45, 2.75) is 57.8 Å². The molecule has 40 heavy (non-hydrogen) atoms. The van der Waals surface area contributed by atoms with Crippen molar-refractivity contribution in [3.8, 4) is 5.75 Å². The van der Waals surface area contributed by atoms with Gasteiger partial charge in [-0.3, -0.25) is 9.59 Å². The first-order valence-corrected chi connectivity index (χ1v) is 14.2. The average Bonchev–Trinajstić information content (AvgIpc) is 3.47. The molecule has 3 N–H and O–H groups in total. The van der Waals surface area contributed by atoms with Gasteiger partial charge in [-0.25, -0.2) is 4.79 Å². The molecule has 0 fully saturated rings. The number of benzene rings is 2. The second-order valence-electron chi connectivity index (χ2n) is 9.39. The molecule has 2 aromatic carbocycles. The Morgan fingerprint density at radius 1 is 1.02 bits per heavy atom. The Kier molecular flexibility index (Phi) is 12.2. The SMILES string of the molecule is C=CCOc1ccc(C(CC(=O)O)NC(=O)N[C@@H](CCCC)C(=O)N(Cc2ccccc2)Cc2cccs2)cc1. The van der Waals surface area contributed by atoms with E-state index in [0.29, 0.717) is 37.4 Å². The van der Waals surface area contributed by atoms with Gasteiger partial charge < -0.3 is 25.4 Å². The highest BCUT2D eigenvalue weighted by Gasteiger charge is 2.27. The molecule has 0 aliphatic carbocycles. The molecule has 0 saturated carbocycles. The lowest BCUT2D eigenvalue weighted by atomic mass is 10.0. The average molecular weight is 564 g/mol. The maximum Gasteiger partial charge on any atom is 0.315 e. The largest absolute Gasteiger partial charge is 0.490 e. The van der Waals surface area contributed by atoms with E-state index in [1.807, 2.05) is 54.8 Å². The van der Waals surface area contributed by atoms with Crippen molar-refractivity contribution in [2.75, 3.05) is 6.61 Å². The van der Waals surface area contributed by atoms with Gasteiger partial charge in [-0.1, -0.05) is 81.0 Å². The Morgan fingerprint density at radius 2 is 1.77 bits per heavy atom. The molecule has 1 unspecified atom stereocenters. The molecule has 0 radical (unpaired) electrons. The number of nitrogens with zero attached hydrogens (tertiary/aromatic N) is 1. The number of carboxylic acids is 1. The summed E-state index contributed by atoms with van der Waals surface area (Å²) in [6.07, 6.45) is 3.40. The summed E-state index contributed by atoms with van der Waals surface area (Å²) in [4.78, 5) is 41.4. The summed E-state index contributed by atoms with van der Waals surface area (Å²) in [6, 6.07) is 18.4. The summed E-state index contributed by atoms with van der Waals surface area (Å²) in [6.45, 7) is 6.83. The Morgan fingerprint density at radius 3 is 2.40 bits per heavy atom. The van der Waals surface area contributed by atoms with Crippen LogP contribution in [0.3, 0.4) is 0 Å². The number of hydrogen-bond donors (Lipinski definition) is 3. The molecule has 8 nitrogen and oxygen atoms in total. The maximum absolute atomic E-state index is 13.8. The van der Waals surface area contributed by atoms with Crippen LogP contribution in [0.25, 0.3) is 0 Å². The fourth-order valence-corrected chi connectivity index (χ4v) is 4.95. The number of thiophene rings is 1. The zero-order chi connectivity index (χ0) is 28.7. The monoisotopic (exact) mass is 563 g/mol. The van der Waals surface area contributed by atoms with Crippen molar-refractivity contribution in [2.24, 2.45) is 0 Å². The van der Waals surface area contributed by atoms with E-state index >= 15 is 0 Å². The predicted molar refractivity (Wildman–Crippen MR) is 157 cm³/mol. The summed E-state index contributed by atoms with van der Waals surface area (Å²) < 4.78 is 5.50. The number of aliphatic carboxylic acids is 1. The van der Waals surface area contributed by atoms with E-state index in [-0.39, 0.29) is 12.3 Å². The third kappa shape index (κ3) is 9.89. The number of rotatable bonds is 16. The summed E-state index contributed by atoms with van der Waals surface area (Å²) >= 11 is 1.58. The van der Waals surface area contributed by atoms with Crippen LogP contribution in [-0.4, -0.2) is 40.6 Å². The van der Waals surface area contributed by atoms with Crippen LogP contribution in [0.4, 0.5) is 4.79 Å². The van der Waals surface area contributed by atoms with Gasteiger partial charge in [0.25, 0.3) is 0 Å². The number of carbonyl (C=O) groups excluding carboxylic acids is 2. The smallest absolute Gasteiger partial charge is 0.315 e. The third-order valence-corrected chi connectivity index (χ3v) is 7.10. The lowest BCUT2D eigenvalue weighted by molar-refractivity contribution is -0.137. The van der Waals surface area contributed by atoms with Crippen molar-refractivity contribution >= 4 is 29.2 Å². The number of ether oxygens (including phenoxy) is 1. The number of hydrogen-bond acceptors (Lipinski definition) is 5. The van der Waals surface area contributed by atoms with Crippen LogP contribution in [0.5, 0.6) is 5.75 Å². The Bertz CT molecular complexity index is 1220. The van der Waals surface area contributed by atoms with E-state index in [9.17, 15) is 19.5 Å². The lowest BCUT2D eigenvalue weighted by Gasteiger charge is -2.28. The number of amides is 3. The topological polar surface area (TPSA) is 108 Å². The summed E-state index contributed by atoms with van der Waals surface area (Å²) in [5.41, 5.74) is 1.61. The van der Waals surface area contributed by atoms with Crippen molar-refractivity contribution in [3.63, 3.8) is 0 Å². The molecule has 0 bridgehead atoms. The minimum absolute atomic E-state index is 0.181. The van der Waals surface area contributed by atoms with E-state index in [4.69, 9.17) is 4.74 Å². The molecule has 3 rings (SSSR count). The Hall–Kier alpha value is -4.11. The predicted octanol–water partition coefficient (Wildman–Crippen LogP) is 5.92. The van der Waals surface area contributed by atoms with Crippen LogP contribution < -0.4 is 15.4 Å². The van der Waals surface area contributed by atoms with E-state index in [2.05, 4.69) is 17.2 Å². The van der Waals surface area contributed by atoms with Crippen LogP contribution in [0.2, 0.25) is 0 Å².